The summed E-state index contributed by atoms with van der Waals surface area (Å²) in [5, 5.41) is 0. The molecule has 1 aromatic carbocycles. The van der Waals surface area contributed by atoms with Crippen LogP contribution in [-0.4, -0.2) is 55.4 Å². The SMILES string of the molecule is CC1CCN(C2=C(S(=O)(=O)N3CCCCCC3)C(=O)c3ccccc3C2=O)CC1. The van der Waals surface area contributed by atoms with Gasteiger partial charge in [-0.2, -0.15) is 4.31 Å². The molecule has 2 heterocycles. The Labute approximate surface area is 172 Å². The fourth-order valence-electron chi connectivity index (χ4n) is 4.51. The number of hydrogen-bond donors (Lipinski definition) is 0. The molecule has 0 bridgehead atoms. The number of carbonyl (C=O) groups is 2. The Balaban J connectivity index is 1.85. The number of carbonyl (C=O) groups excluding carboxylic acids is 2. The minimum absolute atomic E-state index is 0.0878. The molecular formula is C22H28N2O4S. The zero-order valence-electron chi connectivity index (χ0n) is 16.9. The highest BCUT2D eigenvalue weighted by Gasteiger charge is 2.44. The van der Waals surface area contributed by atoms with Crippen LogP contribution < -0.4 is 0 Å². The van der Waals surface area contributed by atoms with E-state index >= 15 is 0 Å². The van der Waals surface area contributed by atoms with Crippen molar-refractivity contribution in [3.63, 3.8) is 0 Å². The van der Waals surface area contributed by atoms with Gasteiger partial charge in [-0.1, -0.05) is 44.0 Å². The Morgan fingerprint density at radius 1 is 0.828 bits per heavy atom. The Kier molecular flexibility index (Phi) is 5.62. The van der Waals surface area contributed by atoms with Gasteiger partial charge >= 0.3 is 0 Å². The van der Waals surface area contributed by atoms with Crippen LogP contribution in [0.2, 0.25) is 0 Å². The van der Waals surface area contributed by atoms with Crippen molar-refractivity contribution in [3.8, 4) is 0 Å². The lowest BCUT2D eigenvalue weighted by molar-refractivity contribution is 0.0932. The largest absolute Gasteiger partial charge is 0.367 e. The van der Waals surface area contributed by atoms with Gasteiger partial charge < -0.3 is 4.90 Å². The van der Waals surface area contributed by atoms with Crippen molar-refractivity contribution >= 4 is 21.6 Å². The van der Waals surface area contributed by atoms with E-state index in [-0.39, 0.29) is 21.9 Å². The maximum absolute atomic E-state index is 13.6. The van der Waals surface area contributed by atoms with Gasteiger partial charge in [0.2, 0.25) is 21.6 Å². The molecule has 6 nitrogen and oxygen atoms in total. The van der Waals surface area contributed by atoms with E-state index in [1.807, 2.05) is 4.90 Å². The molecule has 0 unspecified atom stereocenters. The molecule has 2 aliphatic heterocycles. The molecule has 0 amide bonds. The number of nitrogens with zero attached hydrogens (tertiary/aromatic N) is 2. The lowest BCUT2D eigenvalue weighted by Gasteiger charge is -2.36. The summed E-state index contributed by atoms with van der Waals surface area (Å²) in [6, 6.07) is 6.57. The number of likely N-dealkylation sites (tertiary alicyclic amines) is 1. The molecule has 0 N–H and O–H groups in total. The molecule has 2 saturated heterocycles. The van der Waals surface area contributed by atoms with Gasteiger partial charge in [0.15, 0.2) is 4.91 Å². The van der Waals surface area contributed by atoms with Gasteiger partial charge in [-0.25, -0.2) is 8.42 Å². The van der Waals surface area contributed by atoms with Gasteiger partial charge in [0.1, 0.15) is 5.70 Å². The molecule has 0 radical (unpaired) electrons. The summed E-state index contributed by atoms with van der Waals surface area (Å²) in [6.45, 7) is 4.15. The molecule has 3 aliphatic rings. The van der Waals surface area contributed by atoms with E-state index in [9.17, 15) is 18.0 Å². The van der Waals surface area contributed by atoms with Crippen molar-refractivity contribution in [1.29, 1.82) is 0 Å². The number of sulfonamides is 1. The van der Waals surface area contributed by atoms with Gasteiger partial charge in [0.05, 0.1) is 0 Å². The van der Waals surface area contributed by atoms with Crippen LogP contribution in [0.25, 0.3) is 0 Å². The molecule has 0 saturated carbocycles. The average molecular weight is 417 g/mol. The van der Waals surface area contributed by atoms with Crippen molar-refractivity contribution in [1.82, 2.24) is 9.21 Å². The van der Waals surface area contributed by atoms with Crippen LogP contribution in [0.15, 0.2) is 34.9 Å². The molecule has 1 aromatic rings. The lowest BCUT2D eigenvalue weighted by Crippen LogP contribution is -2.43. The van der Waals surface area contributed by atoms with Crippen LogP contribution in [-0.2, 0) is 10.0 Å². The highest BCUT2D eigenvalue weighted by Crippen LogP contribution is 2.35. The second-order valence-electron chi connectivity index (χ2n) is 8.37. The smallest absolute Gasteiger partial charge is 0.249 e. The first-order valence-electron chi connectivity index (χ1n) is 10.6. The van der Waals surface area contributed by atoms with E-state index in [0.29, 0.717) is 37.7 Å². The van der Waals surface area contributed by atoms with Crippen molar-refractivity contribution in [2.45, 2.75) is 45.4 Å². The zero-order chi connectivity index (χ0) is 20.6. The summed E-state index contributed by atoms with van der Waals surface area (Å²) >= 11 is 0. The average Bonchev–Trinajstić information content (AvgIpc) is 3.01. The Hall–Kier alpha value is -1.99. The summed E-state index contributed by atoms with van der Waals surface area (Å²) in [6.07, 6.45) is 5.28. The lowest BCUT2D eigenvalue weighted by atomic mass is 9.90. The first kappa shape index (κ1) is 20.3. The van der Waals surface area contributed by atoms with E-state index in [2.05, 4.69) is 6.92 Å². The van der Waals surface area contributed by atoms with E-state index < -0.39 is 15.8 Å². The second-order valence-corrected chi connectivity index (χ2v) is 10.2. The number of benzene rings is 1. The standard InChI is InChI=1S/C22H28N2O4S/c1-16-10-14-23(15-11-16)19-20(25)17-8-4-5-9-18(17)21(26)22(19)29(27,28)24-12-6-2-3-7-13-24/h4-5,8-9,16H,2-3,6-7,10-15H2,1H3. The normalized spacial score (nSPS) is 22.6. The number of hydrogen-bond acceptors (Lipinski definition) is 5. The van der Waals surface area contributed by atoms with Gasteiger partial charge in [-0.15, -0.1) is 0 Å². The first-order chi connectivity index (χ1) is 13.9. The fourth-order valence-corrected chi connectivity index (χ4v) is 6.32. The summed E-state index contributed by atoms with van der Waals surface area (Å²) in [7, 11) is -4.04. The molecule has 0 atom stereocenters. The van der Waals surface area contributed by atoms with Crippen molar-refractivity contribution in [2.24, 2.45) is 5.92 Å². The predicted molar refractivity (Wildman–Crippen MR) is 111 cm³/mol. The van der Waals surface area contributed by atoms with Crippen molar-refractivity contribution < 1.29 is 18.0 Å². The predicted octanol–water partition coefficient (Wildman–Crippen LogP) is 3.21. The molecule has 156 valence electrons. The molecular weight excluding hydrogens is 388 g/mol. The van der Waals surface area contributed by atoms with Crippen molar-refractivity contribution in [3.05, 3.63) is 46.0 Å². The Morgan fingerprint density at radius 3 is 1.97 bits per heavy atom. The second kappa shape index (κ2) is 8.03. The molecule has 29 heavy (non-hydrogen) atoms. The number of piperidine rings is 1. The first-order valence-corrected chi connectivity index (χ1v) is 12.0. The Bertz CT molecular complexity index is 951. The van der Waals surface area contributed by atoms with Crippen LogP contribution in [0.3, 0.4) is 0 Å². The van der Waals surface area contributed by atoms with E-state index in [1.165, 1.54) is 4.31 Å². The summed E-state index contributed by atoms with van der Waals surface area (Å²) in [5.41, 5.74) is 0.589. The molecule has 0 spiro atoms. The highest BCUT2D eigenvalue weighted by molar-refractivity contribution is 7.94. The van der Waals surface area contributed by atoms with Crippen LogP contribution in [0.4, 0.5) is 0 Å². The van der Waals surface area contributed by atoms with Gasteiger partial charge in [0, 0.05) is 37.3 Å². The molecule has 2 fully saturated rings. The van der Waals surface area contributed by atoms with Gasteiger partial charge in [-0.05, 0) is 31.6 Å². The van der Waals surface area contributed by atoms with Gasteiger partial charge in [-0.3, -0.25) is 9.59 Å². The summed E-state index contributed by atoms with van der Waals surface area (Å²) in [4.78, 5) is 28.4. The minimum atomic E-state index is -4.04. The Morgan fingerprint density at radius 2 is 1.38 bits per heavy atom. The molecule has 4 rings (SSSR count). The van der Waals surface area contributed by atoms with E-state index in [0.717, 1.165) is 38.5 Å². The number of Topliss-reactive ketones (excluding diaryl/α,β-unsaturated/α-hetero) is 2. The van der Waals surface area contributed by atoms with Crippen LogP contribution in [0.1, 0.15) is 66.2 Å². The van der Waals surface area contributed by atoms with Crippen molar-refractivity contribution in [2.75, 3.05) is 26.2 Å². The fraction of sp³-hybridized carbons (Fsp3) is 0.545. The zero-order valence-corrected chi connectivity index (χ0v) is 17.7. The van der Waals surface area contributed by atoms with Gasteiger partial charge in [0.25, 0.3) is 0 Å². The molecule has 0 aromatic heterocycles. The monoisotopic (exact) mass is 416 g/mol. The third-order valence-electron chi connectivity index (χ3n) is 6.32. The molecule has 1 aliphatic carbocycles. The van der Waals surface area contributed by atoms with Crippen LogP contribution in [0.5, 0.6) is 0 Å². The number of ketones is 2. The number of rotatable bonds is 3. The highest BCUT2D eigenvalue weighted by atomic mass is 32.2. The number of allylic oxidation sites excluding steroid dienone is 2. The van der Waals surface area contributed by atoms with E-state index in [1.54, 1.807) is 24.3 Å². The maximum atomic E-state index is 13.6. The van der Waals surface area contributed by atoms with Crippen LogP contribution in [0, 0.1) is 5.92 Å². The summed E-state index contributed by atoms with van der Waals surface area (Å²) < 4.78 is 28.7. The summed E-state index contributed by atoms with van der Waals surface area (Å²) in [5.74, 6) is -0.361. The molecule has 7 heteroatoms. The van der Waals surface area contributed by atoms with E-state index in [4.69, 9.17) is 0 Å². The maximum Gasteiger partial charge on any atom is 0.249 e. The third kappa shape index (κ3) is 3.66. The third-order valence-corrected chi connectivity index (χ3v) is 8.26. The number of fused-ring (bicyclic) bond motifs is 1. The van der Waals surface area contributed by atoms with Crippen LogP contribution >= 0.6 is 0 Å². The topological polar surface area (TPSA) is 74.8 Å². The quantitative estimate of drug-likeness (QED) is 0.756. The minimum Gasteiger partial charge on any atom is -0.367 e.